The van der Waals surface area contributed by atoms with Gasteiger partial charge < -0.3 is 9.64 Å². The number of hydrogen-bond donors (Lipinski definition) is 0. The second kappa shape index (κ2) is 9.18. The summed E-state index contributed by atoms with van der Waals surface area (Å²) >= 11 is 0. The third kappa shape index (κ3) is 5.10. The standard InChI is InChI=1S/C25H25FN2O2/c1-18-2-4-19(5-3-18)14-21-8-11-23(27-16-21)24-17-28(12-13-30-24)25(29)15-20-6-9-22(26)10-7-20/h2-11,16,24H,12-15,17H2,1H3/t24-/m1/s1. The van der Waals surface area contributed by atoms with Crippen molar-refractivity contribution in [2.45, 2.75) is 25.9 Å². The molecule has 1 amide bonds. The average Bonchev–Trinajstić information content (AvgIpc) is 2.77. The lowest BCUT2D eigenvalue weighted by Gasteiger charge is -2.32. The van der Waals surface area contributed by atoms with Gasteiger partial charge in [-0.05, 0) is 48.2 Å². The number of nitrogens with zero attached hydrogens (tertiary/aromatic N) is 2. The van der Waals surface area contributed by atoms with E-state index in [-0.39, 0.29) is 24.2 Å². The van der Waals surface area contributed by atoms with E-state index in [4.69, 9.17) is 4.74 Å². The van der Waals surface area contributed by atoms with Crippen molar-refractivity contribution in [2.75, 3.05) is 19.7 Å². The molecule has 1 fully saturated rings. The summed E-state index contributed by atoms with van der Waals surface area (Å²) in [5.41, 5.74) is 5.29. The van der Waals surface area contributed by atoms with Crippen LogP contribution in [0.5, 0.6) is 0 Å². The van der Waals surface area contributed by atoms with Gasteiger partial charge in [0.05, 0.1) is 25.3 Å². The molecule has 0 unspecified atom stereocenters. The summed E-state index contributed by atoms with van der Waals surface area (Å²) < 4.78 is 18.9. The lowest BCUT2D eigenvalue weighted by atomic mass is 10.0. The number of pyridine rings is 1. The van der Waals surface area contributed by atoms with E-state index in [1.807, 2.05) is 12.3 Å². The maximum absolute atomic E-state index is 13.1. The van der Waals surface area contributed by atoms with E-state index in [1.54, 1.807) is 17.0 Å². The van der Waals surface area contributed by atoms with Crippen LogP contribution in [0, 0.1) is 12.7 Å². The number of hydrogen-bond acceptors (Lipinski definition) is 3. The van der Waals surface area contributed by atoms with Crippen molar-refractivity contribution in [1.29, 1.82) is 0 Å². The zero-order chi connectivity index (χ0) is 20.9. The first-order chi connectivity index (χ1) is 14.6. The third-order valence-electron chi connectivity index (χ3n) is 5.39. The first kappa shape index (κ1) is 20.2. The molecular weight excluding hydrogens is 379 g/mol. The van der Waals surface area contributed by atoms with Crippen LogP contribution in [0.2, 0.25) is 0 Å². The van der Waals surface area contributed by atoms with E-state index in [9.17, 15) is 9.18 Å². The molecule has 1 aromatic heterocycles. The molecule has 0 bridgehead atoms. The van der Waals surface area contributed by atoms with Crippen LogP contribution in [-0.4, -0.2) is 35.5 Å². The molecule has 0 saturated carbocycles. The summed E-state index contributed by atoms with van der Waals surface area (Å²) in [6, 6.07) is 18.6. The Morgan fingerprint density at radius 3 is 2.43 bits per heavy atom. The molecule has 0 spiro atoms. The third-order valence-corrected chi connectivity index (χ3v) is 5.39. The van der Waals surface area contributed by atoms with Gasteiger partial charge in [-0.25, -0.2) is 4.39 Å². The van der Waals surface area contributed by atoms with Gasteiger partial charge in [0.1, 0.15) is 11.9 Å². The number of aromatic nitrogens is 1. The van der Waals surface area contributed by atoms with E-state index in [2.05, 4.69) is 42.2 Å². The summed E-state index contributed by atoms with van der Waals surface area (Å²) in [7, 11) is 0. The number of ether oxygens (including phenoxy) is 1. The predicted molar refractivity (Wildman–Crippen MR) is 114 cm³/mol. The van der Waals surface area contributed by atoms with Crippen LogP contribution in [0.3, 0.4) is 0 Å². The highest BCUT2D eigenvalue weighted by Gasteiger charge is 2.26. The van der Waals surface area contributed by atoms with Crippen LogP contribution in [0.4, 0.5) is 4.39 Å². The molecule has 30 heavy (non-hydrogen) atoms. The van der Waals surface area contributed by atoms with Gasteiger partial charge in [0.25, 0.3) is 0 Å². The number of benzene rings is 2. The van der Waals surface area contributed by atoms with E-state index in [0.717, 1.165) is 23.2 Å². The summed E-state index contributed by atoms with van der Waals surface area (Å²) in [6.07, 6.45) is 2.75. The quantitative estimate of drug-likeness (QED) is 0.638. The second-order valence-corrected chi connectivity index (χ2v) is 7.76. The highest BCUT2D eigenvalue weighted by atomic mass is 19.1. The van der Waals surface area contributed by atoms with Crippen molar-refractivity contribution in [3.8, 4) is 0 Å². The Balaban J connectivity index is 1.37. The van der Waals surface area contributed by atoms with Crippen LogP contribution in [0.25, 0.3) is 0 Å². The number of amides is 1. The minimum Gasteiger partial charge on any atom is -0.368 e. The summed E-state index contributed by atoms with van der Waals surface area (Å²) in [5.74, 6) is -0.277. The first-order valence-corrected chi connectivity index (χ1v) is 10.2. The van der Waals surface area contributed by atoms with Gasteiger partial charge >= 0.3 is 0 Å². The molecule has 3 aromatic rings. The van der Waals surface area contributed by atoms with Crippen molar-refractivity contribution < 1.29 is 13.9 Å². The van der Waals surface area contributed by atoms with Crippen LogP contribution >= 0.6 is 0 Å². The van der Waals surface area contributed by atoms with Crippen molar-refractivity contribution in [1.82, 2.24) is 9.88 Å². The molecule has 0 aliphatic carbocycles. The Bertz CT molecular complexity index is 985. The van der Waals surface area contributed by atoms with Gasteiger partial charge in [0, 0.05) is 12.7 Å². The lowest BCUT2D eigenvalue weighted by molar-refractivity contribution is -0.138. The highest BCUT2D eigenvalue weighted by molar-refractivity contribution is 5.78. The van der Waals surface area contributed by atoms with Crippen LogP contribution in [0.1, 0.15) is 34.1 Å². The zero-order valence-electron chi connectivity index (χ0n) is 17.1. The van der Waals surface area contributed by atoms with Gasteiger partial charge in [-0.2, -0.15) is 0 Å². The van der Waals surface area contributed by atoms with Crippen LogP contribution in [0.15, 0.2) is 66.9 Å². The molecule has 0 radical (unpaired) electrons. The maximum atomic E-state index is 13.1. The number of aryl methyl sites for hydroxylation is 1. The molecule has 154 valence electrons. The Labute approximate surface area is 176 Å². The largest absolute Gasteiger partial charge is 0.368 e. The summed E-state index contributed by atoms with van der Waals surface area (Å²) in [6.45, 7) is 3.59. The van der Waals surface area contributed by atoms with Crippen LogP contribution < -0.4 is 0 Å². The van der Waals surface area contributed by atoms with Gasteiger partial charge in [-0.1, -0.05) is 48.0 Å². The summed E-state index contributed by atoms with van der Waals surface area (Å²) in [5, 5.41) is 0. The minimum absolute atomic E-state index is 0.0194. The fourth-order valence-corrected chi connectivity index (χ4v) is 3.62. The molecule has 2 heterocycles. The smallest absolute Gasteiger partial charge is 0.227 e. The molecule has 4 rings (SSSR count). The van der Waals surface area contributed by atoms with Crippen molar-refractivity contribution >= 4 is 5.91 Å². The highest BCUT2D eigenvalue weighted by Crippen LogP contribution is 2.22. The monoisotopic (exact) mass is 404 g/mol. The Kier molecular flexibility index (Phi) is 6.19. The van der Waals surface area contributed by atoms with Crippen molar-refractivity contribution in [3.63, 3.8) is 0 Å². The summed E-state index contributed by atoms with van der Waals surface area (Å²) in [4.78, 5) is 19.1. The number of rotatable bonds is 5. The second-order valence-electron chi connectivity index (χ2n) is 7.76. The van der Waals surface area contributed by atoms with Gasteiger partial charge in [-0.3, -0.25) is 9.78 Å². The molecule has 4 nitrogen and oxygen atoms in total. The molecular formula is C25H25FN2O2. The molecule has 1 atom stereocenters. The zero-order valence-corrected chi connectivity index (χ0v) is 17.1. The molecule has 2 aromatic carbocycles. The lowest BCUT2D eigenvalue weighted by Crippen LogP contribution is -2.43. The molecule has 1 saturated heterocycles. The number of carbonyl (C=O) groups is 1. The fourth-order valence-electron chi connectivity index (χ4n) is 3.62. The van der Waals surface area contributed by atoms with E-state index in [1.165, 1.54) is 23.3 Å². The van der Waals surface area contributed by atoms with Gasteiger partial charge in [0.2, 0.25) is 5.91 Å². The van der Waals surface area contributed by atoms with Crippen LogP contribution in [-0.2, 0) is 22.4 Å². The van der Waals surface area contributed by atoms with E-state index < -0.39 is 0 Å². The normalized spacial score (nSPS) is 16.5. The number of halogens is 1. The van der Waals surface area contributed by atoms with Crippen molar-refractivity contribution in [3.05, 3.63) is 101 Å². The van der Waals surface area contributed by atoms with Crippen molar-refractivity contribution in [2.24, 2.45) is 0 Å². The number of carbonyl (C=O) groups excluding carboxylic acids is 1. The molecule has 5 heteroatoms. The Morgan fingerprint density at radius 2 is 1.73 bits per heavy atom. The fraction of sp³-hybridized carbons (Fsp3) is 0.280. The Hall–Kier alpha value is -3.05. The SMILES string of the molecule is Cc1ccc(Cc2ccc([C@H]3CN(C(=O)Cc4ccc(F)cc4)CCO3)nc2)cc1. The van der Waals surface area contributed by atoms with E-state index >= 15 is 0 Å². The molecule has 1 aliphatic rings. The topological polar surface area (TPSA) is 42.4 Å². The first-order valence-electron chi connectivity index (χ1n) is 10.2. The Morgan fingerprint density at radius 1 is 1.03 bits per heavy atom. The van der Waals surface area contributed by atoms with Gasteiger partial charge in [0.15, 0.2) is 0 Å². The predicted octanol–water partition coefficient (Wildman–Crippen LogP) is 4.26. The average molecular weight is 404 g/mol. The number of morpholine rings is 1. The van der Waals surface area contributed by atoms with E-state index in [0.29, 0.717) is 19.7 Å². The molecule has 0 N–H and O–H groups in total. The van der Waals surface area contributed by atoms with Gasteiger partial charge in [-0.15, -0.1) is 0 Å². The minimum atomic E-state index is -0.297. The molecule has 1 aliphatic heterocycles. The maximum Gasteiger partial charge on any atom is 0.227 e.